The number of benzene rings is 1. The molecular formula is C7H7ClO2S. The third kappa shape index (κ3) is 2.82. The first-order valence-electron chi connectivity index (χ1n) is 2.69. The molecule has 11 heavy (non-hydrogen) atoms. The van der Waals surface area contributed by atoms with Gasteiger partial charge in [-0.1, -0.05) is 11.6 Å². The van der Waals surface area contributed by atoms with Gasteiger partial charge in [0.15, 0.2) is 0 Å². The molecule has 0 saturated carbocycles. The summed E-state index contributed by atoms with van der Waals surface area (Å²) < 4.78 is 0. The van der Waals surface area contributed by atoms with Crippen molar-refractivity contribution in [1.29, 1.82) is 0 Å². The Morgan fingerprint density at radius 3 is 2.09 bits per heavy atom. The smallest absolute Gasteiger partial charge is 0.335 e. The summed E-state index contributed by atoms with van der Waals surface area (Å²) >= 11 is 5.52. The molecule has 0 saturated heterocycles. The zero-order valence-electron chi connectivity index (χ0n) is 5.54. The maximum Gasteiger partial charge on any atom is 0.335 e. The largest absolute Gasteiger partial charge is 0.478 e. The first kappa shape index (κ1) is 10.3. The first-order valence-corrected chi connectivity index (χ1v) is 3.07. The summed E-state index contributed by atoms with van der Waals surface area (Å²) in [6.07, 6.45) is 0. The summed E-state index contributed by atoms with van der Waals surface area (Å²) in [5.74, 6) is -0.934. The van der Waals surface area contributed by atoms with Gasteiger partial charge in [0.2, 0.25) is 0 Å². The summed E-state index contributed by atoms with van der Waals surface area (Å²) in [7, 11) is 0. The average molecular weight is 191 g/mol. The molecule has 0 spiro atoms. The van der Waals surface area contributed by atoms with E-state index in [0.29, 0.717) is 5.02 Å². The van der Waals surface area contributed by atoms with Crippen molar-refractivity contribution in [1.82, 2.24) is 0 Å². The van der Waals surface area contributed by atoms with E-state index in [4.69, 9.17) is 16.7 Å². The van der Waals surface area contributed by atoms with Crippen molar-refractivity contribution in [2.45, 2.75) is 0 Å². The minimum Gasteiger partial charge on any atom is -0.478 e. The number of rotatable bonds is 1. The molecule has 1 aromatic rings. The molecule has 0 unspecified atom stereocenters. The highest BCUT2D eigenvalue weighted by Crippen LogP contribution is 2.08. The lowest BCUT2D eigenvalue weighted by molar-refractivity contribution is 0.0697. The van der Waals surface area contributed by atoms with E-state index in [1.807, 2.05) is 0 Å². The van der Waals surface area contributed by atoms with E-state index in [9.17, 15) is 4.79 Å². The minimum atomic E-state index is -0.934. The second-order valence-electron chi connectivity index (χ2n) is 1.81. The van der Waals surface area contributed by atoms with Gasteiger partial charge in [-0.3, -0.25) is 0 Å². The van der Waals surface area contributed by atoms with Gasteiger partial charge in [-0.25, -0.2) is 4.79 Å². The third-order valence-corrected chi connectivity index (χ3v) is 1.34. The Morgan fingerprint density at radius 1 is 1.27 bits per heavy atom. The van der Waals surface area contributed by atoms with Crippen LogP contribution in [0, 0.1) is 0 Å². The van der Waals surface area contributed by atoms with E-state index in [1.54, 1.807) is 12.1 Å². The Labute approximate surface area is 76.2 Å². The van der Waals surface area contributed by atoms with Crippen molar-refractivity contribution in [2.75, 3.05) is 0 Å². The van der Waals surface area contributed by atoms with Crippen LogP contribution in [-0.4, -0.2) is 11.1 Å². The van der Waals surface area contributed by atoms with Crippen LogP contribution in [0.5, 0.6) is 0 Å². The number of hydrogen-bond acceptors (Lipinski definition) is 1. The minimum absolute atomic E-state index is 0. The Hall–Kier alpha value is -0.670. The van der Waals surface area contributed by atoms with E-state index in [-0.39, 0.29) is 19.1 Å². The number of hydrogen-bond donors (Lipinski definition) is 1. The lowest BCUT2D eigenvalue weighted by Crippen LogP contribution is -1.94. The molecule has 4 heteroatoms. The molecule has 0 radical (unpaired) electrons. The molecule has 0 bridgehead atoms. The van der Waals surface area contributed by atoms with Crippen LogP contribution in [0.15, 0.2) is 24.3 Å². The zero-order chi connectivity index (χ0) is 7.56. The van der Waals surface area contributed by atoms with Crippen molar-refractivity contribution in [3.8, 4) is 0 Å². The zero-order valence-corrected chi connectivity index (χ0v) is 7.30. The lowest BCUT2D eigenvalue weighted by Gasteiger charge is -1.91. The van der Waals surface area contributed by atoms with Crippen LogP contribution in [0.1, 0.15) is 10.4 Å². The predicted molar refractivity (Wildman–Crippen MR) is 48.8 cm³/mol. The van der Waals surface area contributed by atoms with E-state index >= 15 is 0 Å². The Bertz CT molecular complexity index is 245. The molecule has 60 valence electrons. The van der Waals surface area contributed by atoms with Crippen molar-refractivity contribution in [3.05, 3.63) is 34.9 Å². The van der Waals surface area contributed by atoms with Crippen molar-refractivity contribution >= 4 is 31.1 Å². The van der Waals surface area contributed by atoms with E-state index in [2.05, 4.69) is 0 Å². The number of carbonyl (C=O) groups is 1. The van der Waals surface area contributed by atoms with Gasteiger partial charge in [-0.2, -0.15) is 13.5 Å². The van der Waals surface area contributed by atoms with Crippen LogP contribution in [-0.2, 0) is 0 Å². The maximum absolute atomic E-state index is 10.3. The summed E-state index contributed by atoms with van der Waals surface area (Å²) in [5, 5.41) is 8.98. The summed E-state index contributed by atoms with van der Waals surface area (Å²) in [6, 6.07) is 6.02. The van der Waals surface area contributed by atoms with Crippen LogP contribution in [0.2, 0.25) is 5.02 Å². The van der Waals surface area contributed by atoms with Crippen LogP contribution in [0.4, 0.5) is 0 Å². The second-order valence-corrected chi connectivity index (χ2v) is 2.25. The molecule has 1 aromatic carbocycles. The topological polar surface area (TPSA) is 37.3 Å². The fourth-order valence-corrected chi connectivity index (χ4v) is 0.718. The van der Waals surface area contributed by atoms with Gasteiger partial charge >= 0.3 is 5.97 Å². The summed E-state index contributed by atoms with van der Waals surface area (Å²) in [5.41, 5.74) is 0.254. The number of halogens is 1. The van der Waals surface area contributed by atoms with Gasteiger partial charge in [0, 0.05) is 5.02 Å². The molecule has 0 fully saturated rings. The molecule has 0 heterocycles. The van der Waals surface area contributed by atoms with E-state index in [0.717, 1.165) is 0 Å². The van der Waals surface area contributed by atoms with Crippen molar-refractivity contribution in [2.24, 2.45) is 0 Å². The van der Waals surface area contributed by atoms with Gasteiger partial charge in [-0.05, 0) is 24.3 Å². The molecule has 0 aliphatic carbocycles. The molecular weight excluding hydrogens is 184 g/mol. The molecule has 0 aromatic heterocycles. The van der Waals surface area contributed by atoms with E-state index in [1.165, 1.54) is 12.1 Å². The summed E-state index contributed by atoms with van der Waals surface area (Å²) in [4.78, 5) is 10.3. The quantitative estimate of drug-likeness (QED) is 0.737. The SMILES string of the molecule is O=C(O)c1ccc(Cl)cc1.S. The molecule has 1 N–H and O–H groups in total. The number of carboxylic acids is 1. The van der Waals surface area contributed by atoms with Crippen LogP contribution in [0.3, 0.4) is 0 Å². The fraction of sp³-hybridized carbons (Fsp3) is 0. The Kier molecular flexibility index (Phi) is 4.00. The van der Waals surface area contributed by atoms with Crippen LogP contribution < -0.4 is 0 Å². The van der Waals surface area contributed by atoms with Gasteiger partial charge < -0.3 is 5.11 Å². The fourth-order valence-electron chi connectivity index (χ4n) is 0.592. The monoisotopic (exact) mass is 190 g/mol. The molecule has 2 nitrogen and oxygen atoms in total. The highest BCUT2D eigenvalue weighted by atomic mass is 35.5. The van der Waals surface area contributed by atoms with Crippen molar-refractivity contribution in [3.63, 3.8) is 0 Å². The molecule has 1 rings (SSSR count). The highest BCUT2D eigenvalue weighted by Gasteiger charge is 1.99. The van der Waals surface area contributed by atoms with Gasteiger partial charge in [0.25, 0.3) is 0 Å². The Morgan fingerprint density at radius 2 is 1.73 bits per heavy atom. The van der Waals surface area contributed by atoms with Gasteiger partial charge in [-0.15, -0.1) is 0 Å². The molecule has 0 aliphatic rings. The molecule has 0 aliphatic heterocycles. The van der Waals surface area contributed by atoms with E-state index < -0.39 is 5.97 Å². The van der Waals surface area contributed by atoms with Crippen LogP contribution in [0.25, 0.3) is 0 Å². The number of aromatic carboxylic acids is 1. The lowest BCUT2D eigenvalue weighted by atomic mass is 10.2. The van der Waals surface area contributed by atoms with Crippen LogP contribution >= 0.6 is 25.1 Å². The molecule has 0 atom stereocenters. The average Bonchev–Trinajstić information content (AvgIpc) is 1.88. The van der Waals surface area contributed by atoms with Gasteiger partial charge in [0.05, 0.1) is 5.56 Å². The Balaban J connectivity index is 0.000001000. The maximum atomic E-state index is 10.3. The van der Waals surface area contributed by atoms with Crippen molar-refractivity contribution < 1.29 is 9.90 Å². The second kappa shape index (κ2) is 4.26. The molecule has 0 amide bonds. The normalized spacial score (nSPS) is 8.45. The first-order chi connectivity index (χ1) is 4.70. The van der Waals surface area contributed by atoms with Gasteiger partial charge in [0.1, 0.15) is 0 Å². The highest BCUT2D eigenvalue weighted by molar-refractivity contribution is 7.59. The predicted octanol–water partition coefficient (Wildman–Crippen LogP) is 2.15. The third-order valence-electron chi connectivity index (χ3n) is 1.09. The number of carboxylic acid groups (broad SMARTS) is 1. The standard InChI is InChI=1S/C7H5ClO2.H2S/c8-6-3-1-5(2-4-6)7(9)10;/h1-4H,(H,9,10);1H2. The summed E-state index contributed by atoms with van der Waals surface area (Å²) in [6.45, 7) is 0.